The van der Waals surface area contributed by atoms with Crippen LogP contribution in [0.15, 0.2) is 36.8 Å². The second kappa shape index (κ2) is 10.4. The van der Waals surface area contributed by atoms with Gasteiger partial charge >= 0.3 is 6.09 Å². The van der Waals surface area contributed by atoms with E-state index in [1.54, 1.807) is 56.9 Å². The zero-order valence-electron chi connectivity index (χ0n) is 19.9. The third-order valence-corrected chi connectivity index (χ3v) is 5.19. The fourth-order valence-electron chi connectivity index (χ4n) is 2.87. The van der Waals surface area contributed by atoms with Crippen LogP contribution >= 0.6 is 22.6 Å². The Hall–Kier alpha value is -3.13. The standard InChI is InChI=1S/C22H27IN8O3/c1-22(2,3)34-21(33)27-19-17-18(23)28-31(20(17)26-13-25-19)15-10-9-14(12-24-15)30(6)16(32)8-7-11-29(4)5/h7-10,12-13H,11H2,1-6H3,(H,25,26,27,33). The first-order valence-corrected chi connectivity index (χ1v) is 11.5. The van der Waals surface area contributed by atoms with E-state index in [0.29, 0.717) is 38.6 Å². The molecule has 3 aromatic heterocycles. The fourth-order valence-corrected chi connectivity index (χ4v) is 3.58. The minimum Gasteiger partial charge on any atom is -0.444 e. The summed E-state index contributed by atoms with van der Waals surface area (Å²) in [6.45, 7) is 6.02. The van der Waals surface area contributed by atoms with Crippen molar-refractivity contribution in [1.29, 1.82) is 0 Å². The molecule has 180 valence electrons. The summed E-state index contributed by atoms with van der Waals surface area (Å²) in [4.78, 5) is 41.1. The highest BCUT2D eigenvalue weighted by molar-refractivity contribution is 14.1. The van der Waals surface area contributed by atoms with E-state index in [2.05, 4.69) is 48.0 Å². The number of nitrogens with zero attached hydrogens (tertiary/aromatic N) is 7. The minimum atomic E-state index is -0.643. The van der Waals surface area contributed by atoms with Gasteiger partial charge in [0, 0.05) is 19.7 Å². The maximum absolute atomic E-state index is 12.4. The van der Waals surface area contributed by atoms with Crippen LogP contribution < -0.4 is 10.2 Å². The first-order valence-electron chi connectivity index (χ1n) is 10.4. The lowest BCUT2D eigenvalue weighted by Gasteiger charge is -2.19. The highest BCUT2D eigenvalue weighted by atomic mass is 127. The van der Waals surface area contributed by atoms with Crippen LogP contribution in [0, 0.1) is 3.70 Å². The molecule has 0 unspecified atom stereocenters. The Bertz CT molecular complexity index is 1220. The lowest BCUT2D eigenvalue weighted by Crippen LogP contribution is -2.27. The molecule has 0 aromatic carbocycles. The van der Waals surface area contributed by atoms with Crippen LogP contribution in [0.25, 0.3) is 16.9 Å². The number of likely N-dealkylation sites (N-methyl/N-ethyl adjacent to an activating group) is 2. The molecule has 0 saturated carbocycles. The predicted molar refractivity (Wildman–Crippen MR) is 138 cm³/mol. The molecule has 1 N–H and O–H groups in total. The highest BCUT2D eigenvalue weighted by Gasteiger charge is 2.21. The van der Waals surface area contributed by atoms with Gasteiger partial charge in [0.25, 0.3) is 0 Å². The summed E-state index contributed by atoms with van der Waals surface area (Å²) >= 11 is 2.05. The number of halogens is 1. The molecule has 0 aliphatic rings. The maximum Gasteiger partial charge on any atom is 0.413 e. The Morgan fingerprint density at radius 2 is 1.91 bits per heavy atom. The van der Waals surface area contributed by atoms with Crippen molar-refractivity contribution >= 4 is 57.1 Å². The van der Waals surface area contributed by atoms with Crippen molar-refractivity contribution in [3.8, 4) is 5.82 Å². The monoisotopic (exact) mass is 578 g/mol. The second-order valence-corrected chi connectivity index (χ2v) is 9.71. The van der Waals surface area contributed by atoms with E-state index in [1.807, 2.05) is 19.0 Å². The van der Waals surface area contributed by atoms with Gasteiger partial charge in [0.1, 0.15) is 15.6 Å². The third-order valence-electron chi connectivity index (χ3n) is 4.44. The normalized spacial score (nSPS) is 11.9. The number of nitrogens with one attached hydrogen (secondary N) is 1. The van der Waals surface area contributed by atoms with Gasteiger partial charge in [0.05, 0.1) is 17.3 Å². The molecule has 0 saturated heterocycles. The van der Waals surface area contributed by atoms with Crippen molar-refractivity contribution in [2.45, 2.75) is 26.4 Å². The van der Waals surface area contributed by atoms with E-state index in [9.17, 15) is 9.59 Å². The van der Waals surface area contributed by atoms with Crippen LogP contribution in [0.2, 0.25) is 0 Å². The van der Waals surface area contributed by atoms with Crippen molar-refractivity contribution in [1.82, 2.24) is 29.6 Å². The molecular formula is C22H27IN8O3. The molecule has 0 radical (unpaired) electrons. The van der Waals surface area contributed by atoms with Crippen LogP contribution in [-0.4, -0.2) is 74.9 Å². The number of ether oxygens (including phenoxy) is 1. The summed E-state index contributed by atoms with van der Waals surface area (Å²) in [6, 6.07) is 3.52. The van der Waals surface area contributed by atoms with Gasteiger partial charge in [0.15, 0.2) is 17.3 Å². The SMILES string of the molecule is CN(C)CC=CC(=O)N(C)c1ccc(-n2nc(I)c3c(NC(=O)OC(C)(C)C)ncnc32)nc1. The average Bonchev–Trinajstić information content (AvgIpc) is 3.09. The van der Waals surface area contributed by atoms with Gasteiger partial charge in [-0.15, -0.1) is 0 Å². The Morgan fingerprint density at radius 1 is 1.18 bits per heavy atom. The van der Waals surface area contributed by atoms with Crippen LogP contribution in [0.3, 0.4) is 0 Å². The molecule has 0 aliphatic heterocycles. The Balaban J connectivity index is 1.85. The molecule has 3 aromatic rings. The summed E-state index contributed by atoms with van der Waals surface area (Å²) in [5.74, 6) is 0.644. The van der Waals surface area contributed by atoms with E-state index in [4.69, 9.17) is 4.74 Å². The summed E-state index contributed by atoms with van der Waals surface area (Å²) in [6.07, 6.45) is 5.65. The number of hydrogen-bond acceptors (Lipinski definition) is 8. The van der Waals surface area contributed by atoms with E-state index in [0.717, 1.165) is 0 Å². The largest absolute Gasteiger partial charge is 0.444 e. The summed E-state index contributed by atoms with van der Waals surface area (Å²) in [7, 11) is 5.55. The first-order chi connectivity index (χ1) is 16.0. The molecule has 0 atom stereocenters. The van der Waals surface area contributed by atoms with Crippen LogP contribution in [-0.2, 0) is 9.53 Å². The van der Waals surface area contributed by atoms with E-state index >= 15 is 0 Å². The number of hydrogen-bond donors (Lipinski definition) is 1. The van der Waals surface area contributed by atoms with E-state index < -0.39 is 11.7 Å². The van der Waals surface area contributed by atoms with Gasteiger partial charge in [0.2, 0.25) is 5.91 Å². The second-order valence-electron chi connectivity index (χ2n) is 8.69. The van der Waals surface area contributed by atoms with Crippen molar-refractivity contribution in [3.63, 3.8) is 0 Å². The number of carbonyl (C=O) groups is 2. The van der Waals surface area contributed by atoms with Crippen molar-refractivity contribution in [2.75, 3.05) is 37.9 Å². The van der Waals surface area contributed by atoms with Gasteiger partial charge < -0.3 is 14.5 Å². The summed E-state index contributed by atoms with van der Waals surface area (Å²) in [5.41, 5.74) is 0.466. The zero-order chi connectivity index (χ0) is 25.0. The smallest absolute Gasteiger partial charge is 0.413 e. The third kappa shape index (κ3) is 6.26. The molecule has 3 rings (SSSR count). The van der Waals surface area contributed by atoms with Crippen LogP contribution in [0.4, 0.5) is 16.3 Å². The predicted octanol–water partition coefficient (Wildman–Crippen LogP) is 3.24. The molecule has 0 fully saturated rings. The number of rotatable bonds is 6. The lowest BCUT2D eigenvalue weighted by atomic mass is 10.2. The number of aromatic nitrogens is 5. The van der Waals surface area contributed by atoms with Gasteiger partial charge in [-0.2, -0.15) is 9.78 Å². The molecule has 11 nitrogen and oxygen atoms in total. The fraction of sp³-hybridized carbons (Fsp3) is 0.364. The molecule has 2 amide bonds. The average molecular weight is 578 g/mol. The summed E-state index contributed by atoms with van der Waals surface area (Å²) < 4.78 is 7.46. The van der Waals surface area contributed by atoms with Crippen molar-refractivity contribution in [3.05, 3.63) is 40.5 Å². The van der Waals surface area contributed by atoms with Crippen molar-refractivity contribution in [2.24, 2.45) is 0 Å². The molecular weight excluding hydrogens is 551 g/mol. The van der Waals surface area contributed by atoms with Gasteiger partial charge in [-0.25, -0.2) is 19.7 Å². The molecule has 0 spiro atoms. The van der Waals surface area contributed by atoms with Gasteiger partial charge in [-0.05, 0) is 69.6 Å². The number of carbonyl (C=O) groups excluding carboxylic acids is 2. The summed E-state index contributed by atoms with van der Waals surface area (Å²) in [5, 5.41) is 7.75. The Kier molecular flexibility index (Phi) is 7.82. The number of fused-ring (bicyclic) bond motifs is 1. The molecule has 3 heterocycles. The lowest BCUT2D eigenvalue weighted by molar-refractivity contribution is -0.113. The molecule has 34 heavy (non-hydrogen) atoms. The van der Waals surface area contributed by atoms with E-state index in [1.165, 1.54) is 17.3 Å². The number of anilines is 2. The molecule has 0 aliphatic carbocycles. The highest BCUT2D eigenvalue weighted by Crippen LogP contribution is 2.27. The van der Waals surface area contributed by atoms with Gasteiger partial charge in [-0.3, -0.25) is 10.1 Å². The number of pyridine rings is 1. The zero-order valence-corrected chi connectivity index (χ0v) is 22.1. The first kappa shape index (κ1) is 25.5. The van der Waals surface area contributed by atoms with Gasteiger partial charge in [-0.1, -0.05) is 6.08 Å². The maximum atomic E-state index is 12.4. The minimum absolute atomic E-state index is 0.152. The van der Waals surface area contributed by atoms with E-state index in [-0.39, 0.29) is 5.91 Å². The Morgan fingerprint density at radius 3 is 2.53 bits per heavy atom. The number of amides is 2. The van der Waals surface area contributed by atoms with Crippen molar-refractivity contribution < 1.29 is 14.3 Å². The van der Waals surface area contributed by atoms with Crippen LogP contribution in [0.1, 0.15) is 20.8 Å². The Labute approximate surface area is 211 Å². The van der Waals surface area contributed by atoms with Crippen LogP contribution in [0.5, 0.6) is 0 Å². The topological polar surface area (TPSA) is 118 Å². The molecule has 0 bridgehead atoms. The quantitative estimate of drug-likeness (QED) is 0.350. The molecule has 12 heteroatoms.